The van der Waals surface area contributed by atoms with E-state index in [9.17, 15) is 10.1 Å². The zero-order valence-corrected chi connectivity index (χ0v) is 11.1. The smallest absolute Gasteiger partial charge is 0.331 e. The highest BCUT2D eigenvalue weighted by atomic mass is 16.6. The van der Waals surface area contributed by atoms with E-state index < -0.39 is 4.92 Å². The van der Waals surface area contributed by atoms with Crippen LogP contribution in [0.5, 0.6) is 5.88 Å². The summed E-state index contributed by atoms with van der Waals surface area (Å²) in [7, 11) is 0. The quantitative estimate of drug-likeness (QED) is 0.632. The molecule has 1 aromatic heterocycles. The Morgan fingerprint density at radius 2 is 2.21 bits per heavy atom. The first-order chi connectivity index (χ1) is 9.20. The molecule has 0 spiro atoms. The predicted octanol–water partition coefficient (Wildman–Crippen LogP) is 2.99. The van der Waals surface area contributed by atoms with Gasteiger partial charge < -0.3 is 10.1 Å². The molecule has 6 nitrogen and oxygen atoms in total. The highest BCUT2D eigenvalue weighted by molar-refractivity contribution is 5.49. The van der Waals surface area contributed by atoms with Gasteiger partial charge in [0, 0.05) is 12.6 Å². The molecule has 0 unspecified atom stereocenters. The van der Waals surface area contributed by atoms with Crippen molar-refractivity contribution in [2.75, 3.05) is 18.5 Å². The predicted molar refractivity (Wildman–Crippen MR) is 72.5 cm³/mol. The van der Waals surface area contributed by atoms with Crippen molar-refractivity contribution in [3.05, 3.63) is 22.2 Å². The van der Waals surface area contributed by atoms with Crippen LogP contribution >= 0.6 is 0 Å². The van der Waals surface area contributed by atoms with Gasteiger partial charge in [-0.25, -0.2) is 0 Å². The molecule has 2 rings (SSSR count). The molecule has 1 aromatic rings. The first-order valence-corrected chi connectivity index (χ1v) is 6.72. The number of nitrogens with one attached hydrogen (secondary N) is 1. The van der Waals surface area contributed by atoms with E-state index in [4.69, 9.17) is 4.74 Å². The summed E-state index contributed by atoms with van der Waals surface area (Å²) in [6.45, 7) is 3.18. The zero-order chi connectivity index (χ0) is 13.7. The lowest BCUT2D eigenvalue weighted by atomic mass is 10.1. The zero-order valence-electron chi connectivity index (χ0n) is 11.1. The molecule has 1 aliphatic rings. The van der Waals surface area contributed by atoms with Gasteiger partial charge in [-0.1, -0.05) is 12.8 Å². The van der Waals surface area contributed by atoms with Gasteiger partial charge in [0.05, 0.1) is 11.5 Å². The molecule has 104 valence electrons. The molecule has 0 radical (unpaired) electrons. The maximum atomic E-state index is 11.0. The molecule has 1 saturated carbocycles. The van der Waals surface area contributed by atoms with Crippen molar-refractivity contribution < 1.29 is 9.66 Å². The minimum Gasteiger partial charge on any atom is -0.472 e. The van der Waals surface area contributed by atoms with Crippen LogP contribution in [0.15, 0.2) is 12.1 Å². The van der Waals surface area contributed by atoms with Crippen molar-refractivity contribution in [2.24, 2.45) is 5.92 Å². The van der Waals surface area contributed by atoms with E-state index in [-0.39, 0.29) is 11.6 Å². The van der Waals surface area contributed by atoms with Gasteiger partial charge in [0.15, 0.2) is 0 Å². The third-order valence-electron chi connectivity index (χ3n) is 3.33. The topological polar surface area (TPSA) is 77.3 Å². The monoisotopic (exact) mass is 265 g/mol. The van der Waals surface area contributed by atoms with Crippen molar-refractivity contribution >= 4 is 11.5 Å². The van der Waals surface area contributed by atoms with Crippen LogP contribution in [0.3, 0.4) is 0 Å². The third-order valence-corrected chi connectivity index (χ3v) is 3.33. The van der Waals surface area contributed by atoms with Gasteiger partial charge in [0.2, 0.25) is 0 Å². The molecule has 6 heteroatoms. The molecule has 1 N–H and O–H groups in total. The van der Waals surface area contributed by atoms with Crippen LogP contribution in [0.4, 0.5) is 11.5 Å². The highest BCUT2D eigenvalue weighted by Gasteiger charge is 2.21. The van der Waals surface area contributed by atoms with Crippen LogP contribution < -0.4 is 10.1 Å². The Balaban J connectivity index is 2.09. The van der Waals surface area contributed by atoms with Crippen LogP contribution in [0, 0.1) is 16.0 Å². The molecule has 0 bridgehead atoms. The van der Waals surface area contributed by atoms with Crippen LogP contribution in [-0.4, -0.2) is 23.1 Å². The Labute approximate surface area is 112 Å². The summed E-state index contributed by atoms with van der Waals surface area (Å²) in [6.07, 6.45) is 4.73. The van der Waals surface area contributed by atoms with Crippen molar-refractivity contribution in [2.45, 2.75) is 32.6 Å². The Kier molecular flexibility index (Phi) is 4.54. The Morgan fingerprint density at radius 3 is 2.84 bits per heavy atom. The average molecular weight is 265 g/mol. The summed E-state index contributed by atoms with van der Waals surface area (Å²) < 4.78 is 5.58. The number of nitro groups is 1. The van der Waals surface area contributed by atoms with Gasteiger partial charge in [-0.05, 0) is 31.7 Å². The summed E-state index contributed by atoms with van der Waals surface area (Å²) in [4.78, 5) is 14.7. The van der Waals surface area contributed by atoms with Gasteiger partial charge in [-0.15, -0.1) is 0 Å². The lowest BCUT2D eigenvalue weighted by molar-refractivity contribution is -0.386. The van der Waals surface area contributed by atoms with Gasteiger partial charge in [0.1, 0.15) is 5.82 Å². The van der Waals surface area contributed by atoms with Crippen molar-refractivity contribution in [3.8, 4) is 5.88 Å². The van der Waals surface area contributed by atoms with Crippen LogP contribution in [0.25, 0.3) is 0 Å². The van der Waals surface area contributed by atoms with Gasteiger partial charge in [-0.3, -0.25) is 10.1 Å². The Hall–Kier alpha value is -1.85. The van der Waals surface area contributed by atoms with E-state index in [1.54, 1.807) is 6.07 Å². The SMILES string of the molecule is CCNc1ccc([N+](=O)[O-])c(OCC2CCCC2)n1. The third kappa shape index (κ3) is 3.56. The van der Waals surface area contributed by atoms with E-state index >= 15 is 0 Å². The fourth-order valence-electron chi connectivity index (χ4n) is 2.33. The fourth-order valence-corrected chi connectivity index (χ4v) is 2.33. The molecule has 1 heterocycles. The number of anilines is 1. The molecule has 0 amide bonds. The maximum Gasteiger partial charge on any atom is 0.331 e. The summed E-state index contributed by atoms with van der Waals surface area (Å²) in [5.74, 6) is 1.23. The van der Waals surface area contributed by atoms with E-state index in [0.717, 1.165) is 12.8 Å². The largest absolute Gasteiger partial charge is 0.472 e. The summed E-state index contributed by atoms with van der Waals surface area (Å²) in [5, 5.41) is 14.0. The van der Waals surface area contributed by atoms with E-state index in [0.29, 0.717) is 24.9 Å². The molecule has 1 aliphatic carbocycles. The highest BCUT2D eigenvalue weighted by Crippen LogP contribution is 2.29. The first kappa shape index (κ1) is 13.6. The lowest BCUT2D eigenvalue weighted by Gasteiger charge is -2.11. The summed E-state index contributed by atoms with van der Waals surface area (Å²) in [6, 6.07) is 3.04. The Bertz CT molecular complexity index is 445. The summed E-state index contributed by atoms with van der Waals surface area (Å²) in [5.41, 5.74) is -0.0698. The van der Waals surface area contributed by atoms with Crippen LogP contribution in [0.1, 0.15) is 32.6 Å². The number of pyridine rings is 1. The maximum absolute atomic E-state index is 11.0. The Morgan fingerprint density at radius 1 is 1.47 bits per heavy atom. The number of nitrogens with zero attached hydrogens (tertiary/aromatic N) is 2. The van der Waals surface area contributed by atoms with Gasteiger partial charge in [-0.2, -0.15) is 4.98 Å². The van der Waals surface area contributed by atoms with E-state index in [1.807, 2.05) is 6.92 Å². The van der Waals surface area contributed by atoms with Crippen LogP contribution in [0.2, 0.25) is 0 Å². The molecule has 1 fully saturated rings. The minimum atomic E-state index is -0.452. The minimum absolute atomic E-state index is 0.0698. The number of aromatic nitrogens is 1. The normalized spacial score (nSPS) is 15.4. The molecule has 0 saturated heterocycles. The van der Waals surface area contributed by atoms with Crippen molar-refractivity contribution in [3.63, 3.8) is 0 Å². The standard InChI is InChI=1S/C13H19N3O3/c1-2-14-12-8-7-11(16(17)18)13(15-12)19-9-10-5-3-4-6-10/h7-8,10H,2-6,9H2,1H3,(H,14,15). The fraction of sp³-hybridized carbons (Fsp3) is 0.615. The number of rotatable bonds is 6. The van der Waals surface area contributed by atoms with Gasteiger partial charge >= 0.3 is 5.69 Å². The second-order valence-electron chi connectivity index (χ2n) is 4.77. The van der Waals surface area contributed by atoms with E-state index in [2.05, 4.69) is 10.3 Å². The van der Waals surface area contributed by atoms with Crippen molar-refractivity contribution in [1.29, 1.82) is 0 Å². The molecule has 0 atom stereocenters. The summed E-state index contributed by atoms with van der Waals surface area (Å²) >= 11 is 0. The molecule has 0 aliphatic heterocycles. The second-order valence-corrected chi connectivity index (χ2v) is 4.77. The van der Waals surface area contributed by atoms with E-state index in [1.165, 1.54) is 18.9 Å². The second kappa shape index (κ2) is 6.36. The number of hydrogen-bond donors (Lipinski definition) is 1. The van der Waals surface area contributed by atoms with Crippen molar-refractivity contribution in [1.82, 2.24) is 4.98 Å². The lowest BCUT2D eigenvalue weighted by Crippen LogP contribution is -2.11. The molecular weight excluding hydrogens is 246 g/mol. The van der Waals surface area contributed by atoms with Gasteiger partial charge in [0.25, 0.3) is 5.88 Å². The molecule has 0 aromatic carbocycles. The average Bonchev–Trinajstić information content (AvgIpc) is 2.89. The van der Waals surface area contributed by atoms with Crippen LogP contribution in [-0.2, 0) is 0 Å². The molecular formula is C13H19N3O3. The number of hydrogen-bond acceptors (Lipinski definition) is 5. The first-order valence-electron chi connectivity index (χ1n) is 6.72. The molecule has 19 heavy (non-hydrogen) atoms. The number of ether oxygens (including phenoxy) is 1.